The molecule has 0 aliphatic carbocycles. The van der Waals surface area contributed by atoms with Gasteiger partial charge in [0, 0.05) is 23.3 Å². The van der Waals surface area contributed by atoms with Crippen LogP contribution < -0.4 is 0 Å². The van der Waals surface area contributed by atoms with Gasteiger partial charge in [0.25, 0.3) is 5.69 Å². The van der Waals surface area contributed by atoms with E-state index in [1.807, 2.05) is 54.6 Å². The SMILES string of the molecule is N=C(N=Nc1c(O)n(Cc2ccccc2)c2ccccc12)SCc1ccc([N+](=O)[O-])cc1. The monoisotopic (exact) mass is 445 g/mol. The van der Waals surface area contributed by atoms with E-state index in [4.69, 9.17) is 5.41 Å². The number of azo groups is 1. The van der Waals surface area contributed by atoms with Gasteiger partial charge in [0.2, 0.25) is 11.0 Å². The lowest BCUT2D eigenvalue weighted by atomic mass is 10.2. The summed E-state index contributed by atoms with van der Waals surface area (Å²) in [5, 5.41) is 38.5. The normalized spacial score (nSPS) is 11.2. The number of nitrogens with one attached hydrogen (secondary N) is 1. The number of nitrogens with zero attached hydrogens (tertiary/aromatic N) is 4. The molecule has 0 spiro atoms. The molecule has 32 heavy (non-hydrogen) atoms. The van der Waals surface area contributed by atoms with Crippen LogP contribution in [0.25, 0.3) is 10.9 Å². The summed E-state index contributed by atoms with van der Waals surface area (Å²) in [6, 6.07) is 23.5. The number of para-hydroxylation sites is 1. The second kappa shape index (κ2) is 9.44. The number of non-ortho nitro benzene ring substituents is 1. The first-order chi connectivity index (χ1) is 15.5. The van der Waals surface area contributed by atoms with Crippen LogP contribution in [0.3, 0.4) is 0 Å². The van der Waals surface area contributed by atoms with Gasteiger partial charge in [-0.2, -0.15) is 0 Å². The molecule has 4 rings (SSSR count). The third kappa shape index (κ3) is 4.68. The average molecular weight is 446 g/mol. The first-order valence-electron chi connectivity index (χ1n) is 9.73. The number of hydrogen-bond donors (Lipinski definition) is 2. The number of fused-ring (bicyclic) bond motifs is 1. The van der Waals surface area contributed by atoms with Gasteiger partial charge in [-0.25, -0.2) is 0 Å². The quantitative estimate of drug-likeness (QED) is 0.120. The van der Waals surface area contributed by atoms with Crippen LogP contribution in [0, 0.1) is 15.5 Å². The van der Waals surface area contributed by atoms with Gasteiger partial charge in [-0.3, -0.25) is 15.5 Å². The fourth-order valence-electron chi connectivity index (χ4n) is 3.29. The Morgan fingerprint density at radius 2 is 1.69 bits per heavy atom. The Morgan fingerprint density at radius 1 is 1.00 bits per heavy atom. The van der Waals surface area contributed by atoms with E-state index in [1.165, 1.54) is 12.1 Å². The summed E-state index contributed by atoms with van der Waals surface area (Å²) in [7, 11) is 0. The van der Waals surface area contributed by atoms with E-state index in [-0.39, 0.29) is 16.7 Å². The van der Waals surface area contributed by atoms with E-state index in [9.17, 15) is 15.2 Å². The van der Waals surface area contributed by atoms with Crippen LogP contribution in [0.4, 0.5) is 11.4 Å². The van der Waals surface area contributed by atoms with Crippen molar-refractivity contribution in [2.24, 2.45) is 10.2 Å². The number of nitro benzene ring substituents is 1. The average Bonchev–Trinajstić information content (AvgIpc) is 3.08. The molecule has 0 unspecified atom stereocenters. The molecule has 1 aromatic heterocycles. The van der Waals surface area contributed by atoms with E-state index in [2.05, 4.69) is 10.2 Å². The third-order valence-corrected chi connectivity index (χ3v) is 5.70. The molecule has 0 aliphatic heterocycles. The van der Waals surface area contributed by atoms with Crippen LogP contribution >= 0.6 is 11.8 Å². The number of nitro groups is 1. The maximum atomic E-state index is 10.8. The summed E-state index contributed by atoms with van der Waals surface area (Å²) in [5.74, 6) is 0.421. The minimum Gasteiger partial charge on any atom is -0.493 e. The van der Waals surface area contributed by atoms with Gasteiger partial charge >= 0.3 is 0 Å². The summed E-state index contributed by atoms with van der Waals surface area (Å²) in [5.41, 5.74) is 3.04. The zero-order chi connectivity index (χ0) is 22.5. The zero-order valence-electron chi connectivity index (χ0n) is 16.9. The van der Waals surface area contributed by atoms with Crippen molar-refractivity contribution in [2.45, 2.75) is 12.3 Å². The van der Waals surface area contributed by atoms with E-state index in [0.717, 1.165) is 33.8 Å². The largest absolute Gasteiger partial charge is 0.493 e. The molecule has 2 N–H and O–H groups in total. The first kappa shape index (κ1) is 21.3. The summed E-state index contributed by atoms with van der Waals surface area (Å²) in [6.45, 7) is 0.481. The lowest BCUT2D eigenvalue weighted by Gasteiger charge is -2.06. The second-order valence-electron chi connectivity index (χ2n) is 6.98. The topological polar surface area (TPSA) is 117 Å². The highest BCUT2D eigenvalue weighted by Gasteiger charge is 2.16. The molecular formula is C23H19N5O3S. The molecule has 8 nitrogen and oxygen atoms in total. The van der Waals surface area contributed by atoms with Crippen LogP contribution in [0.2, 0.25) is 0 Å². The molecule has 0 saturated heterocycles. The zero-order valence-corrected chi connectivity index (χ0v) is 17.7. The molecule has 0 atom stereocenters. The van der Waals surface area contributed by atoms with Crippen LogP contribution in [-0.4, -0.2) is 19.8 Å². The van der Waals surface area contributed by atoms with E-state index in [1.54, 1.807) is 16.7 Å². The predicted molar refractivity (Wildman–Crippen MR) is 126 cm³/mol. The number of benzene rings is 3. The highest BCUT2D eigenvalue weighted by Crippen LogP contribution is 2.39. The van der Waals surface area contributed by atoms with Crippen LogP contribution in [-0.2, 0) is 12.3 Å². The lowest BCUT2D eigenvalue weighted by Crippen LogP contribution is -1.98. The van der Waals surface area contributed by atoms with Crippen molar-refractivity contribution in [3.8, 4) is 5.88 Å². The fourth-order valence-corrected chi connectivity index (χ4v) is 3.88. The predicted octanol–water partition coefficient (Wildman–Crippen LogP) is 6.26. The molecule has 1 heterocycles. The maximum absolute atomic E-state index is 10.8. The molecule has 0 aliphatic rings. The number of hydrogen-bond acceptors (Lipinski definition) is 6. The minimum absolute atomic E-state index is 0.00743. The van der Waals surface area contributed by atoms with Gasteiger partial charge in [0.15, 0.2) is 5.69 Å². The molecule has 0 saturated carbocycles. The number of thioether (sulfide) groups is 1. The number of aromatic hydroxyl groups is 1. The van der Waals surface area contributed by atoms with Crippen molar-refractivity contribution < 1.29 is 10.0 Å². The smallest absolute Gasteiger partial charge is 0.269 e. The van der Waals surface area contributed by atoms with Crippen molar-refractivity contribution in [3.05, 3.63) is 100 Å². The molecule has 0 bridgehead atoms. The Bertz CT molecular complexity index is 1300. The van der Waals surface area contributed by atoms with Gasteiger partial charge in [-0.15, -0.1) is 10.2 Å². The first-order valence-corrected chi connectivity index (χ1v) is 10.7. The van der Waals surface area contributed by atoms with Gasteiger partial charge < -0.3 is 9.67 Å². The molecule has 160 valence electrons. The highest BCUT2D eigenvalue weighted by molar-refractivity contribution is 8.13. The minimum atomic E-state index is -0.450. The molecule has 4 aromatic rings. The Morgan fingerprint density at radius 3 is 2.41 bits per heavy atom. The van der Waals surface area contributed by atoms with Crippen molar-refractivity contribution in [1.29, 1.82) is 5.41 Å². The van der Waals surface area contributed by atoms with Crippen molar-refractivity contribution in [1.82, 2.24) is 4.57 Å². The standard InChI is InChI=1S/C23H19N5O3S/c24-23(32-15-17-10-12-18(13-11-17)28(30)31)26-25-21-19-8-4-5-9-20(19)27(22(21)29)14-16-6-2-1-3-7-16/h1-13,24,29H,14-15H2. The van der Waals surface area contributed by atoms with Crippen LogP contribution in [0.1, 0.15) is 11.1 Å². The molecule has 0 amide bonds. The summed E-state index contributed by atoms with van der Waals surface area (Å²) < 4.78 is 1.77. The van der Waals surface area contributed by atoms with E-state index >= 15 is 0 Å². The molecule has 9 heteroatoms. The van der Waals surface area contributed by atoms with Gasteiger partial charge in [0.05, 0.1) is 17.0 Å². The Balaban J connectivity index is 1.51. The van der Waals surface area contributed by atoms with Gasteiger partial charge in [-0.05, 0) is 17.2 Å². The summed E-state index contributed by atoms with van der Waals surface area (Å²) in [6.07, 6.45) is 0. The van der Waals surface area contributed by atoms with Crippen molar-refractivity contribution in [3.63, 3.8) is 0 Å². The molecule has 0 fully saturated rings. The van der Waals surface area contributed by atoms with Gasteiger partial charge in [0.1, 0.15) is 0 Å². The van der Waals surface area contributed by atoms with Crippen molar-refractivity contribution >= 4 is 39.2 Å². The Labute approximate surface area is 187 Å². The van der Waals surface area contributed by atoms with Crippen LogP contribution in [0.15, 0.2) is 89.1 Å². The summed E-state index contributed by atoms with van der Waals surface area (Å²) >= 11 is 1.15. The lowest BCUT2D eigenvalue weighted by molar-refractivity contribution is -0.384. The number of amidine groups is 1. The van der Waals surface area contributed by atoms with Gasteiger partial charge in [-0.1, -0.05) is 72.4 Å². The second-order valence-corrected chi connectivity index (χ2v) is 7.94. The summed E-state index contributed by atoms with van der Waals surface area (Å²) in [4.78, 5) is 10.3. The van der Waals surface area contributed by atoms with Crippen LogP contribution in [0.5, 0.6) is 5.88 Å². The molecule has 3 aromatic carbocycles. The number of aromatic nitrogens is 1. The van der Waals surface area contributed by atoms with E-state index < -0.39 is 4.92 Å². The highest BCUT2D eigenvalue weighted by atomic mass is 32.2. The maximum Gasteiger partial charge on any atom is 0.269 e. The molecule has 0 radical (unpaired) electrons. The number of rotatable bonds is 6. The Kier molecular flexibility index (Phi) is 6.27. The molecular weight excluding hydrogens is 426 g/mol. The fraction of sp³-hybridized carbons (Fsp3) is 0.0870. The van der Waals surface area contributed by atoms with Crippen molar-refractivity contribution in [2.75, 3.05) is 0 Å². The Hall–Kier alpha value is -3.98. The van der Waals surface area contributed by atoms with E-state index in [0.29, 0.717) is 18.0 Å². The third-order valence-electron chi connectivity index (χ3n) is 4.86.